The van der Waals surface area contributed by atoms with E-state index in [-0.39, 0.29) is 30.3 Å². The van der Waals surface area contributed by atoms with Crippen LogP contribution in [0.15, 0.2) is 40.7 Å². The number of nitrogens with two attached hydrogens (primary N) is 1. The summed E-state index contributed by atoms with van der Waals surface area (Å²) in [6.45, 7) is -0.00101. The maximum atomic E-state index is 13.1. The van der Waals surface area contributed by atoms with Crippen molar-refractivity contribution in [3.05, 3.63) is 41.1 Å². The Balaban J connectivity index is 1.51. The van der Waals surface area contributed by atoms with Gasteiger partial charge in [-0.25, -0.2) is 9.89 Å². The predicted molar refractivity (Wildman–Crippen MR) is 134 cm³/mol. The predicted octanol–water partition coefficient (Wildman–Crippen LogP) is -1.13. The van der Waals surface area contributed by atoms with E-state index >= 15 is 0 Å². The van der Waals surface area contributed by atoms with Gasteiger partial charge in [-0.15, -0.1) is 16.9 Å². The van der Waals surface area contributed by atoms with E-state index in [1.165, 1.54) is 47.8 Å². The van der Waals surface area contributed by atoms with Crippen LogP contribution in [0.2, 0.25) is 0 Å². The van der Waals surface area contributed by atoms with E-state index in [4.69, 9.17) is 10.8 Å². The fourth-order valence-corrected chi connectivity index (χ4v) is 6.58. The summed E-state index contributed by atoms with van der Waals surface area (Å²) < 4.78 is 0. The third kappa shape index (κ3) is 5.90. The Morgan fingerprint density at radius 3 is 2.63 bits per heavy atom. The number of nitrogens with one attached hydrogen (secondary N) is 3. The Morgan fingerprint density at radius 1 is 1.26 bits per heavy atom. The molecule has 1 aromatic heterocycles. The Hall–Kier alpha value is -3.67. The number of β-lactam (4-membered cyclic amide) rings is 1. The van der Waals surface area contributed by atoms with Crippen molar-refractivity contribution >= 4 is 47.3 Å². The number of benzene rings is 1. The Morgan fingerprint density at radius 2 is 2.00 bits per heavy atom. The zero-order valence-electron chi connectivity index (χ0n) is 19.6. The topological polar surface area (TPSA) is 237 Å². The molecule has 0 bridgehead atoms. The third-order valence-corrected chi connectivity index (χ3v) is 8.36. The van der Waals surface area contributed by atoms with E-state index in [2.05, 4.69) is 31.3 Å². The van der Waals surface area contributed by atoms with Crippen LogP contribution in [0.4, 0.5) is 0 Å². The van der Waals surface area contributed by atoms with Gasteiger partial charge < -0.3 is 31.7 Å². The Bertz CT molecular complexity index is 1240. The lowest BCUT2D eigenvalue weighted by Gasteiger charge is -2.50. The molecule has 4 atom stereocenters. The molecule has 1 aromatic carbocycles. The summed E-state index contributed by atoms with van der Waals surface area (Å²) in [6, 6.07) is 3.71. The average molecular weight is 565 g/mol. The van der Waals surface area contributed by atoms with Crippen LogP contribution in [0.25, 0.3) is 0 Å². The molecule has 202 valence electrons. The number of carbonyl (C=O) groups excluding carboxylic acids is 2. The number of carboxylic acids is 2. The van der Waals surface area contributed by atoms with Crippen molar-refractivity contribution in [3.8, 4) is 5.75 Å². The van der Waals surface area contributed by atoms with Crippen molar-refractivity contribution in [3.63, 3.8) is 0 Å². The molecule has 2 amide bonds. The summed E-state index contributed by atoms with van der Waals surface area (Å²) in [5.74, 6) is -3.27. The molecule has 2 aliphatic heterocycles. The number of aliphatic carboxylic acids is 2. The number of aromatic nitrogens is 4. The van der Waals surface area contributed by atoms with Gasteiger partial charge in [0, 0.05) is 11.0 Å². The second-order valence-electron chi connectivity index (χ2n) is 8.32. The van der Waals surface area contributed by atoms with Crippen molar-refractivity contribution in [2.45, 2.75) is 34.3 Å². The first-order valence-electron chi connectivity index (χ1n) is 11.3. The monoisotopic (exact) mass is 564 g/mol. The molecule has 38 heavy (non-hydrogen) atoms. The summed E-state index contributed by atoms with van der Waals surface area (Å²) >= 11 is 2.46. The zero-order valence-corrected chi connectivity index (χ0v) is 21.2. The summed E-state index contributed by atoms with van der Waals surface area (Å²) in [5, 5.41) is 46.4. The van der Waals surface area contributed by atoms with Crippen LogP contribution in [0.1, 0.15) is 18.0 Å². The lowest BCUT2D eigenvalue weighted by atomic mass is 9.99. The van der Waals surface area contributed by atoms with Crippen LogP contribution in [0, 0.1) is 0 Å². The summed E-state index contributed by atoms with van der Waals surface area (Å²) in [4.78, 5) is 50.1. The normalized spacial score (nSPS) is 20.3. The van der Waals surface area contributed by atoms with E-state index in [1.54, 1.807) is 0 Å². The van der Waals surface area contributed by atoms with Gasteiger partial charge in [0.1, 0.15) is 28.9 Å². The molecule has 17 heteroatoms. The molecule has 15 nitrogen and oxygen atoms in total. The van der Waals surface area contributed by atoms with E-state index in [0.717, 1.165) is 4.90 Å². The molecular weight excluding hydrogens is 540 g/mol. The first kappa shape index (κ1) is 27.4. The number of aromatic hydroxyl groups is 1. The van der Waals surface area contributed by atoms with Gasteiger partial charge in [-0.2, -0.15) is 0 Å². The fraction of sp³-hybridized carbons (Fsp3) is 0.381. The molecule has 2 aliphatic rings. The van der Waals surface area contributed by atoms with Gasteiger partial charge >= 0.3 is 11.9 Å². The molecule has 1 saturated heterocycles. The number of hydrogen-bond donors (Lipinski definition) is 7. The van der Waals surface area contributed by atoms with Gasteiger partial charge in [-0.3, -0.25) is 19.3 Å². The fourth-order valence-electron chi connectivity index (χ4n) is 4.03. The number of tetrazole rings is 1. The highest BCUT2D eigenvalue weighted by molar-refractivity contribution is 8.01. The minimum atomic E-state index is -1.30. The standard InChI is InChI=1S/C21H24N8O7S2/c22-14(9-1-3-10(30)4-2-9)17(33)24-15-18(34)29-16(20(35)36)11(8-37-19(15)29)12(5-6-23-7-13(31)32)38-21-25-27-28-26-21/h1-4,12,14-15,19,23,30H,5-8,22H2,(H,24,33)(H,31,32)(H,35,36)(H,25,26,27,28)/t12?,14?,15?,19-/m0/s1. The molecule has 8 N–H and O–H groups in total. The molecule has 1 fully saturated rings. The van der Waals surface area contributed by atoms with Gasteiger partial charge in [-0.1, -0.05) is 23.9 Å². The van der Waals surface area contributed by atoms with Crippen LogP contribution >= 0.6 is 23.5 Å². The lowest BCUT2D eigenvalue weighted by Crippen LogP contribution is -2.71. The molecule has 3 heterocycles. The number of carboxylic acid groups (broad SMARTS) is 2. The van der Waals surface area contributed by atoms with Crippen molar-refractivity contribution in [1.82, 2.24) is 36.2 Å². The minimum absolute atomic E-state index is 0.0160. The van der Waals surface area contributed by atoms with Crippen molar-refractivity contribution in [2.75, 3.05) is 18.8 Å². The molecule has 0 aliphatic carbocycles. The van der Waals surface area contributed by atoms with E-state index in [0.29, 0.717) is 22.7 Å². The first-order valence-corrected chi connectivity index (χ1v) is 13.2. The van der Waals surface area contributed by atoms with Crippen LogP contribution in [0.3, 0.4) is 0 Å². The number of phenols is 1. The van der Waals surface area contributed by atoms with E-state index in [1.807, 2.05) is 0 Å². The number of hydrogen-bond acceptors (Lipinski definition) is 12. The molecular formula is C21H24N8O7S2. The number of aromatic amines is 1. The quantitative estimate of drug-likeness (QED) is 0.0917. The van der Waals surface area contributed by atoms with Crippen LogP contribution in [0.5, 0.6) is 5.75 Å². The number of carbonyl (C=O) groups is 4. The highest BCUT2D eigenvalue weighted by Gasteiger charge is 2.55. The summed E-state index contributed by atoms with van der Waals surface area (Å²) in [6.07, 6.45) is 0.333. The number of H-pyrrole nitrogens is 1. The third-order valence-electron chi connectivity index (χ3n) is 5.86. The number of nitrogens with zero attached hydrogens (tertiary/aromatic N) is 4. The van der Waals surface area contributed by atoms with Crippen molar-refractivity contribution in [2.24, 2.45) is 5.73 Å². The van der Waals surface area contributed by atoms with Gasteiger partial charge in [0.05, 0.1) is 6.54 Å². The molecule has 0 saturated carbocycles. The zero-order chi connectivity index (χ0) is 27.4. The van der Waals surface area contributed by atoms with Gasteiger partial charge in [0.15, 0.2) is 0 Å². The second kappa shape index (κ2) is 11.8. The molecule has 0 spiro atoms. The molecule has 0 radical (unpaired) electrons. The summed E-state index contributed by atoms with van der Waals surface area (Å²) in [5.41, 5.74) is 6.72. The van der Waals surface area contributed by atoms with Gasteiger partial charge in [0.2, 0.25) is 11.1 Å². The SMILES string of the molecule is NC(C(=O)NC1C(=O)N2C(C(=O)O)=C(C(CCNCC(=O)O)Sc3nnn[nH]3)CS[C@@H]12)c1ccc(O)cc1. The maximum Gasteiger partial charge on any atom is 0.352 e. The number of fused-ring (bicyclic) bond motifs is 1. The molecule has 3 unspecified atom stereocenters. The van der Waals surface area contributed by atoms with Crippen LogP contribution in [-0.2, 0) is 19.2 Å². The first-order chi connectivity index (χ1) is 18.2. The van der Waals surface area contributed by atoms with Crippen molar-refractivity contribution in [1.29, 1.82) is 0 Å². The average Bonchev–Trinajstić information content (AvgIpc) is 3.41. The smallest absolute Gasteiger partial charge is 0.352 e. The van der Waals surface area contributed by atoms with Gasteiger partial charge in [0.25, 0.3) is 5.91 Å². The van der Waals surface area contributed by atoms with Crippen molar-refractivity contribution < 1.29 is 34.5 Å². The number of phenolic OH excluding ortho intramolecular Hbond substituents is 1. The highest BCUT2D eigenvalue weighted by atomic mass is 32.2. The van der Waals surface area contributed by atoms with E-state index in [9.17, 15) is 29.4 Å². The van der Waals surface area contributed by atoms with E-state index < -0.39 is 46.5 Å². The largest absolute Gasteiger partial charge is 0.508 e. The Labute approximate surface area is 223 Å². The number of amides is 2. The second-order valence-corrected chi connectivity index (χ2v) is 10.6. The number of rotatable bonds is 12. The van der Waals surface area contributed by atoms with Crippen LogP contribution < -0.4 is 16.4 Å². The lowest BCUT2D eigenvalue weighted by molar-refractivity contribution is -0.150. The highest BCUT2D eigenvalue weighted by Crippen LogP contribution is 2.44. The van der Waals surface area contributed by atoms with Gasteiger partial charge in [-0.05, 0) is 46.7 Å². The number of thioether (sulfide) groups is 2. The van der Waals surface area contributed by atoms with Crippen LogP contribution in [-0.4, -0.2) is 100 Å². The Kier molecular flexibility index (Phi) is 8.50. The summed E-state index contributed by atoms with van der Waals surface area (Å²) in [7, 11) is 0. The molecule has 4 rings (SSSR count). The molecule has 2 aromatic rings. The minimum Gasteiger partial charge on any atom is -0.508 e. The maximum absolute atomic E-state index is 13.1.